The van der Waals surface area contributed by atoms with Gasteiger partial charge in [-0.3, -0.25) is 14.5 Å². The predicted octanol–water partition coefficient (Wildman–Crippen LogP) is 3.46. The van der Waals surface area contributed by atoms with Gasteiger partial charge in [-0.05, 0) is 24.1 Å². The number of halogens is 2. The largest absolute Gasteiger partial charge is 0.274 e. The average molecular weight is 298 g/mol. The minimum atomic E-state index is -0.412. The molecule has 0 saturated carbocycles. The monoisotopic (exact) mass is 297 g/mol. The fraction of sp³-hybridized carbons (Fsp3) is 0.286. The topological polar surface area (TPSA) is 37.4 Å². The Balaban J connectivity index is 2.32. The molecule has 0 unspecified atom stereocenters. The summed E-state index contributed by atoms with van der Waals surface area (Å²) in [6, 6.07) is 6.71. The quantitative estimate of drug-likeness (QED) is 0.798. The molecule has 0 saturated heterocycles. The summed E-state index contributed by atoms with van der Waals surface area (Å²) in [5.41, 5.74) is 0.881. The van der Waals surface area contributed by atoms with Crippen molar-refractivity contribution in [3.8, 4) is 0 Å². The molecule has 5 heteroatoms. The Labute approximate surface area is 121 Å². The van der Waals surface area contributed by atoms with Crippen LogP contribution in [0.25, 0.3) is 5.57 Å². The van der Waals surface area contributed by atoms with E-state index in [1.165, 1.54) is 4.90 Å². The summed E-state index contributed by atoms with van der Waals surface area (Å²) >= 11 is 11.8. The Kier molecular flexibility index (Phi) is 4.27. The SMILES string of the molecule is CCCCN1C(=O)C(Cl)=C(c2ccc(Cl)cc2)C1=O. The lowest BCUT2D eigenvalue weighted by molar-refractivity contribution is -0.136. The predicted molar refractivity (Wildman–Crippen MR) is 75.9 cm³/mol. The van der Waals surface area contributed by atoms with E-state index in [0.29, 0.717) is 17.1 Å². The van der Waals surface area contributed by atoms with Crippen LogP contribution in [-0.4, -0.2) is 23.3 Å². The maximum atomic E-state index is 12.2. The van der Waals surface area contributed by atoms with Crippen molar-refractivity contribution in [2.24, 2.45) is 0 Å². The molecule has 19 heavy (non-hydrogen) atoms. The zero-order valence-electron chi connectivity index (χ0n) is 10.5. The third-order valence-electron chi connectivity index (χ3n) is 2.98. The van der Waals surface area contributed by atoms with Gasteiger partial charge in [-0.2, -0.15) is 0 Å². The first-order chi connectivity index (χ1) is 9.06. The van der Waals surface area contributed by atoms with Crippen molar-refractivity contribution in [1.82, 2.24) is 4.90 Å². The highest BCUT2D eigenvalue weighted by Gasteiger charge is 2.37. The third kappa shape index (κ3) is 2.67. The summed E-state index contributed by atoms with van der Waals surface area (Å²) < 4.78 is 0. The summed E-state index contributed by atoms with van der Waals surface area (Å²) in [7, 11) is 0. The van der Waals surface area contributed by atoms with Gasteiger partial charge < -0.3 is 0 Å². The fourth-order valence-electron chi connectivity index (χ4n) is 1.93. The first-order valence-corrected chi connectivity index (χ1v) is 6.83. The van der Waals surface area contributed by atoms with E-state index in [9.17, 15) is 9.59 Å². The first kappa shape index (κ1) is 14.1. The molecule has 0 spiro atoms. The summed E-state index contributed by atoms with van der Waals surface area (Å²) in [6.45, 7) is 2.40. The van der Waals surface area contributed by atoms with E-state index in [1.807, 2.05) is 6.92 Å². The second kappa shape index (κ2) is 5.76. The van der Waals surface area contributed by atoms with Gasteiger partial charge in [0.25, 0.3) is 11.8 Å². The van der Waals surface area contributed by atoms with Crippen LogP contribution < -0.4 is 0 Å². The fourth-order valence-corrected chi connectivity index (χ4v) is 2.35. The number of nitrogens with zero attached hydrogens (tertiary/aromatic N) is 1. The summed E-state index contributed by atoms with van der Waals surface area (Å²) in [5, 5.41) is 0.559. The number of hydrogen-bond acceptors (Lipinski definition) is 2. The summed E-state index contributed by atoms with van der Waals surface area (Å²) in [6.07, 6.45) is 1.68. The van der Waals surface area contributed by atoms with Crippen LogP contribution in [0.2, 0.25) is 5.02 Å². The molecule has 0 aromatic heterocycles. The molecule has 100 valence electrons. The molecule has 0 radical (unpaired) electrons. The Morgan fingerprint density at radius 1 is 1.05 bits per heavy atom. The molecule has 0 bridgehead atoms. The van der Waals surface area contributed by atoms with Crippen molar-refractivity contribution >= 4 is 40.6 Å². The van der Waals surface area contributed by atoms with Gasteiger partial charge in [0.15, 0.2) is 0 Å². The Bertz CT molecular complexity index is 549. The van der Waals surface area contributed by atoms with Gasteiger partial charge >= 0.3 is 0 Å². The van der Waals surface area contributed by atoms with Crippen LogP contribution in [-0.2, 0) is 9.59 Å². The van der Waals surface area contributed by atoms with Crippen molar-refractivity contribution in [2.45, 2.75) is 19.8 Å². The van der Waals surface area contributed by atoms with Gasteiger partial charge in [0.05, 0.1) is 5.57 Å². The second-order valence-corrected chi connectivity index (χ2v) is 5.13. The Hall–Kier alpha value is -1.32. The van der Waals surface area contributed by atoms with Crippen LogP contribution in [0.15, 0.2) is 29.3 Å². The maximum Gasteiger partial charge on any atom is 0.273 e. The zero-order chi connectivity index (χ0) is 14.0. The molecular formula is C14H13Cl2NO2. The molecule has 1 heterocycles. The van der Waals surface area contributed by atoms with Crippen LogP contribution in [0.1, 0.15) is 25.3 Å². The molecule has 1 aliphatic heterocycles. The molecule has 2 amide bonds. The van der Waals surface area contributed by atoms with Crippen molar-refractivity contribution in [3.05, 3.63) is 39.9 Å². The Morgan fingerprint density at radius 3 is 2.26 bits per heavy atom. The van der Waals surface area contributed by atoms with Gasteiger partial charge in [-0.15, -0.1) is 0 Å². The third-order valence-corrected chi connectivity index (χ3v) is 3.58. The van der Waals surface area contributed by atoms with E-state index in [2.05, 4.69) is 0 Å². The molecule has 0 aliphatic carbocycles. The molecule has 1 aromatic carbocycles. The normalized spacial score (nSPS) is 15.6. The number of carbonyl (C=O) groups excluding carboxylic acids is 2. The van der Waals surface area contributed by atoms with E-state index >= 15 is 0 Å². The van der Waals surface area contributed by atoms with E-state index in [4.69, 9.17) is 23.2 Å². The number of rotatable bonds is 4. The smallest absolute Gasteiger partial charge is 0.273 e. The molecular weight excluding hydrogens is 285 g/mol. The number of carbonyl (C=O) groups is 2. The number of hydrogen-bond donors (Lipinski definition) is 0. The van der Waals surface area contributed by atoms with Crippen molar-refractivity contribution < 1.29 is 9.59 Å². The van der Waals surface area contributed by atoms with Crippen LogP contribution >= 0.6 is 23.2 Å². The van der Waals surface area contributed by atoms with E-state index in [0.717, 1.165) is 12.8 Å². The van der Waals surface area contributed by atoms with Crippen LogP contribution in [0.4, 0.5) is 0 Å². The second-order valence-electron chi connectivity index (χ2n) is 4.31. The van der Waals surface area contributed by atoms with E-state index in [-0.39, 0.29) is 16.5 Å². The summed E-state index contributed by atoms with van der Waals surface area (Å²) in [5.74, 6) is -0.740. The van der Waals surface area contributed by atoms with Crippen LogP contribution in [0.3, 0.4) is 0 Å². The zero-order valence-corrected chi connectivity index (χ0v) is 12.0. The maximum absolute atomic E-state index is 12.2. The molecule has 1 aromatic rings. The number of imide groups is 1. The van der Waals surface area contributed by atoms with Crippen molar-refractivity contribution in [3.63, 3.8) is 0 Å². The standard InChI is InChI=1S/C14H13Cl2NO2/c1-2-3-8-17-13(18)11(12(16)14(17)19)9-4-6-10(15)7-5-9/h4-7H,2-3,8H2,1H3. The molecule has 0 fully saturated rings. The average Bonchev–Trinajstić information content (AvgIpc) is 2.60. The molecule has 0 N–H and O–H groups in total. The lowest BCUT2D eigenvalue weighted by Crippen LogP contribution is -2.32. The van der Waals surface area contributed by atoms with E-state index < -0.39 is 5.91 Å². The van der Waals surface area contributed by atoms with E-state index in [1.54, 1.807) is 24.3 Å². The highest BCUT2D eigenvalue weighted by molar-refractivity contribution is 6.55. The van der Waals surface area contributed by atoms with Gasteiger partial charge in [-0.25, -0.2) is 0 Å². The van der Waals surface area contributed by atoms with Gasteiger partial charge in [0, 0.05) is 11.6 Å². The van der Waals surface area contributed by atoms with Crippen LogP contribution in [0, 0.1) is 0 Å². The van der Waals surface area contributed by atoms with Gasteiger partial charge in [-0.1, -0.05) is 48.7 Å². The number of unbranched alkanes of at least 4 members (excludes halogenated alkanes) is 1. The lowest BCUT2D eigenvalue weighted by atomic mass is 10.1. The Morgan fingerprint density at radius 2 is 1.68 bits per heavy atom. The number of benzene rings is 1. The molecule has 3 nitrogen and oxygen atoms in total. The molecule has 2 rings (SSSR count). The minimum absolute atomic E-state index is 0.0107. The first-order valence-electron chi connectivity index (χ1n) is 6.08. The highest BCUT2D eigenvalue weighted by Crippen LogP contribution is 2.32. The van der Waals surface area contributed by atoms with Crippen molar-refractivity contribution in [1.29, 1.82) is 0 Å². The summed E-state index contributed by atoms with van der Waals surface area (Å²) in [4.78, 5) is 25.4. The van der Waals surface area contributed by atoms with Crippen LogP contribution in [0.5, 0.6) is 0 Å². The van der Waals surface area contributed by atoms with Gasteiger partial charge in [0.2, 0.25) is 0 Å². The number of amides is 2. The van der Waals surface area contributed by atoms with Crippen molar-refractivity contribution in [2.75, 3.05) is 6.54 Å². The van der Waals surface area contributed by atoms with Gasteiger partial charge in [0.1, 0.15) is 5.03 Å². The molecule has 1 aliphatic rings. The lowest BCUT2D eigenvalue weighted by Gasteiger charge is -2.13. The molecule has 0 atom stereocenters. The highest BCUT2D eigenvalue weighted by atomic mass is 35.5. The minimum Gasteiger partial charge on any atom is -0.274 e.